The van der Waals surface area contributed by atoms with Crippen molar-refractivity contribution >= 4 is 5.91 Å². The molecule has 1 rings (SSSR count). The molecule has 1 heterocycles. The Balaban J connectivity index is 2.23. The van der Waals surface area contributed by atoms with E-state index < -0.39 is 0 Å². The maximum atomic E-state index is 10.8. The van der Waals surface area contributed by atoms with Gasteiger partial charge in [0.15, 0.2) is 0 Å². The highest BCUT2D eigenvalue weighted by atomic mass is 16.3. The van der Waals surface area contributed by atoms with E-state index in [0.29, 0.717) is 13.0 Å². The van der Waals surface area contributed by atoms with E-state index in [1.807, 2.05) is 13.8 Å². The predicted octanol–water partition coefficient (Wildman–Crippen LogP) is -0.517. The summed E-state index contributed by atoms with van der Waals surface area (Å²) in [5, 5.41) is 15.0. The molecule has 13 heavy (non-hydrogen) atoms. The zero-order chi connectivity index (χ0) is 9.90. The van der Waals surface area contributed by atoms with Gasteiger partial charge in [-0.25, -0.2) is 0 Å². The Hall–Kier alpha value is -0.610. The number of nitrogens with one attached hydrogen (secondary N) is 2. The molecular weight excluding hydrogens is 168 g/mol. The lowest BCUT2D eigenvalue weighted by Crippen LogP contribution is -2.39. The van der Waals surface area contributed by atoms with Gasteiger partial charge < -0.3 is 15.7 Å². The number of carbonyl (C=O) groups is 1. The van der Waals surface area contributed by atoms with Crippen molar-refractivity contribution in [1.29, 1.82) is 0 Å². The first kappa shape index (κ1) is 10.5. The number of hydrogen-bond acceptors (Lipinski definition) is 3. The molecular formula is C9H18N2O2. The number of amides is 1. The van der Waals surface area contributed by atoms with Gasteiger partial charge in [0.1, 0.15) is 0 Å². The Morgan fingerprint density at radius 2 is 2.38 bits per heavy atom. The summed E-state index contributed by atoms with van der Waals surface area (Å²) in [6, 6.07) is 0.235. The van der Waals surface area contributed by atoms with Crippen molar-refractivity contribution < 1.29 is 9.90 Å². The quantitative estimate of drug-likeness (QED) is 0.554. The predicted molar refractivity (Wildman–Crippen MR) is 50.3 cm³/mol. The Morgan fingerprint density at radius 1 is 1.69 bits per heavy atom. The van der Waals surface area contributed by atoms with Gasteiger partial charge in [-0.2, -0.15) is 0 Å². The van der Waals surface area contributed by atoms with Gasteiger partial charge in [0.2, 0.25) is 5.91 Å². The van der Waals surface area contributed by atoms with Gasteiger partial charge in [-0.1, -0.05) is 13.8 Å². The number of hydrogen-bond donors (Lipinski definition) is 3. The topological polar surface area (TPSA) is 61.4 Å². The van der Waals surface area contributed by atoms with Crippen molar-refractivity contribution in [1.82, 2.24) is 10.6 Å². The molecule has 0 aromatic rings. The average molecular weight is 186 g/mol. The molecule has 0 saturated carbocycles. The van der Waals surface area contributed by atoms with Crippen LogP contribution in [0.3, 0.4) is 0 Å². The lowest BCUT2D eigenvalue weighted by atomic mass is 9.94. The first-order valence-electron chi connectivity index (χ1n) is 4.64. The van der Waals surface area contributed by atoms with Crippen LogP contribution in [0.2, 0.25) is 0 Å². The van der Waals surface area contributed by atoms with Crippen molar-refractivity contribution in [2.45, 2.75) is 26.3 Å². The molecule has 0 spiro atoms. The van der Waals surface area contributed by atoms with E-state index in [2.05, 4.69) is 10.6 Å². The molecule has 0 bridgehead atoms. The molecule has 3 N–H and O–H groups in total. The van der Waals surface area contributed by atoms with Crippen molar-refractivity contribution in [3.05, 3.63) is 0 Å². The van der Waals surface area contributed by atoms with Crippen LogP contribution in [0.4, 0.5) is 0 Å². The highest BCUT2D eigenvalue weighted by Gasteiger charge is 2.23. The van der Waals surface area contributed by atoms with Gasteiger partial charge in [0, 0.05) is 37.6 Å². The van der Waals surface area contributed by atoms with Crippen LogP contribution < -0.4 is 10.6 Å². The zero-order valence-electron chi connectivity index (χ0n) is 8.26. The summed E-state index contributed by atoms with van der Waals surface area (Å²) >= 11 is 0. The SMILES string of the molecule is CC(C)(CO)CNC1CNC(=O)C1. The second-order valence-electron chi connectivity index (χ2n) is 4.41. The fourth-order valence-electron chi connectivity index (χ4n) is 1.23. The fraction of sp³-hybridized carbons (Fsp3) is 0.889. The monoisotopic (exact) mass is 186 g/mol. The molecule has 1 aliphatic rings. The summed E-state index contributed by atoms with van der Waals surface area (Å²) in [7, 11) is 0. The van der Waals surface area contributed by atoms with Crippen LogP contribution in [0.1, 0.15) is 20.3 Å². The first-order valence-corrected chi connectivity index (χ1v) is 4.64. The van der Waals surface area contributed by atoms with Crippen LogP contribution in [-0.4, -0.2) is 36.8 Å². The minimum absolute atomic E-state index is 0.106. The largest absolute Gasteiger partial charge is 0.396 e. The van der Waals surface area contributed by atoms with E-state index in [0.717, 1.165) is 6.54 Å². The standard InChI is InChI=1S/C9H18N2O2/c1-9(2,6-12)5-11-7-3-8(13)10-4-7/h7,11-12H,3-6H2,1-2H3,(H,10,13). The van der Waals surface area contributed by atoms with Crippen molar-refractivity contribution in [2.24, 2.45) is 5.41 Å². The van der Waals surface area contributed by atoms with E-state index in [9.17, 15) is 4.79 Å². The molecule has 0 aliphatic carbocycles. The second-order valence-corrected chi connectivity index (χ2v) is 4.41. The molecule has 1 unspecified atom stereocenters. The highest BCUT2D eigenvalue weighted by Crippen LogP contribution is 2.12. The maximum Gasteiger partial charge on any atom is 0.221 e. The molecule has 0 aromatic heterocycles. The molecule has 1 aliphatic heterocycles. The molecule has 1 atom stereocenters. The smallest absolute Gasteiger partial charge is 0.221 e. The zero-order valence-corrected chi connectivity index (χ0v) is 8.26. The number of carbonyl (C=O) groups excluding carboxylic acids is 1. The van der Waals surface area contributed by atoms with Crippen LogP contribution in [0.5, 0.6) is 0 Å². The normalized spacial score (nSPS) is 23.3. The van der Waals surface area contributed by atoms with Crippen molar-refractivity contribution in [3.8, 4) is 0 Å². The van der Waals surface area contributed by atoms with Crippen molar-refractivity contribution in [2.75, 3.05) is 19.7 Å². The molecule has 0 aromatic carbocycles. The third kappa shape index (κ3) is 3.32. The lowest BCUT2D eigenvalue weighted by Gasteiger charge is -2.23. The Bertz CT molecular complexity index is 192. The van der Waals surface area contributed by atoms with Crippen LogP contribution in [0.15, 0.2) is 0 Å². The van der Waals surface area contributed by atoms with E-state index in [1.165, 1.54) is 0 Å². The van der Waals surface area contributed by atoms with Gasteiger partial charge in [-0.15, -0.1) is 0 Å². The Kier molecular flexibility index (Phi) is 3.27. The highest BCUT2D eigenvalue weighted by molar-refractivity contribution is 5.78. The molecule has 4 nitrogen and oxygen atoms in total. The van der Waals surface area contributed by atoms with Crippen LogP contribution >= 0.6 is 0 Å². The summed E-state index contributed by atoms with van der Waals surface area (Å²) in [6.45, 7) is 5.59. The average Bonchev–Trinajstić information content (AvgIpc) is 2.48. The summed E-state index contributed by atoms with van der Waals surface area (Å²) < 4.78 is 0. The van der Waals surface area contributed by atoms with Crippen molar-refractivity contribution in [3.63, 3.8) is 0 Å². The summed E-state index contributed by atoms with van der Waals surface area (Å²) in [6.07, 6.45) is 0.557. The molecule has 1 amide bonds. The van der Waals surface area contributed by atoms with Gasteiger partial charge in [-0.05, 0) is 0 Å². The second kappa shape index (κ2) is 4.07. The number of aliphatic hydroxyl groups is 1. The van der Waals surface area contributed by atoms with E-state index in [-0.39, 0.29) is 24.0 Å². The summed E-state index contributed by atoms with van der Waals surface area (Å²) in [4.78, 5) is 10.8. The van der Waals surface area contributed by atoms with Crippen LogP contribution in [-0.2, 0) is 4.79 Å². The van der Waals surface area contributed by atoms with Gasteiger partial charge in [-0.3, -0.25) is 4.79 Å². The third-order valence-electron chi connectivity index (χ3n) is 2.27. The van der Waals surface area contributed by atoms with Gasteiger partial charge in [0.05, 0.1) is 0 Å². The molecule has 1 fully saturated rings. The molecule has 4 heteroatoms. The van der Waals surface area contributed by atoms with Crippen LogP contribution in [0.25, 0.3) is 0 Å². The summed E-state index contributed by atoms with van der Waals surface area (Å²) in [5.41, 5.74) is -0.106. The number of rotatable bonds is 4. The van der Waals surface area contributed by atoms with Crippen LogP contribution in [0, 0.1) is 5.41 Å². The van der Waals surface area contributed by atoms with E-state index in [4.69, 9.17) is 5.11 Å². The minimum Gasteiger partial charge on any atom is -0.396 e. The first-order chi connectivity index (χ1) is 6.03. The molecule has 0 radical (unpaired) electrons. The third-order valence-corrected chi connectivity index (χ3v) is 2.27. The van der Waals surface area contributed by atoms with Gasteiger partial charge in [0.25, 0.3) is 0 Å². The Morgan fingerprint density at radius 3 is 2.85 bits per heavy atom. The maximum absolute atomic E-state index is 10.8. The summed E-state index contributed by atoms with van der Waals surface area (Å²) in [5.74, 6) is 0.110. The molecule has 76 valence electrons. The van der Waals surface area contributed by atoms with E-state index >= 15 is 0 Å². The lowest BCUT2D eigenvalue weighted by molar-refractivity contribution is -0.119. The van der Waals surface area contributed by atoms with Gasteiger partial charge >= 0.3 is 0 Å². The fourth-order valence-corrected chi connectivity index (χ4v) is 1.23. The molecule has 1 saturated heterocycles. The number of aliphatic hydroxyl groups excluding tert-OH is 1. The van der Waals surface area contributed by atoms with E-state index in [1.54, 1.807) is 0 Å². The minimum atomic E-state index is -0.106. The Labute approximate surface area is 78.7 Å².